The first-order valence-corrected chi connectivity index (χ1v) is 5.29. The van der Waals surface area contributed by atoms with Gasteiger partial charge in [0.05, 0.1) is 7.11 Å². The third-order valence-electron chi connectivity index (χ3n) is 5.04. The fraction of sp³-hybridized carbons (Fsp3) is 0.750. The molecule has 0 aromatic carbocycles. The number of carbonyl (C=O) groups is 1. The van der Waals surface area contributed by atoms with Crippen molar-refractivity contribution in [1.29, 1.82) is 0 Å². The Morgan fingerprint density at radius 1 is 1.47 bits per heavy atom. The standard InChI is InChI=1S/C12H19NO2/c1-6-7-11(4)8(10(11,2)3)12(7,13)9(14)15-5/h6-8H,1,13H2,2-5H3. The third-order valence-corrected chi connectivity index (χ3v) is 5.04. The molecule has 0 radical (unpaired) electrons. The van der Waals surface area contributed by atoms with Crippen LogP contribution in [0.2, 0.25) is 0 Å². The summed E-state index contributed by atoms with van der Waals surface area (Å²) in [4.78, 5) is 11.8. The number of hydrogen-bond acceptors (Lipinski definition) is 3. The average molecular weight is 209 g/mol. The lowest BCUT2D eigenvalue weighted by molar-refractivity contribution is -0.156. The maximum atomic E-state index is 11.8. The van der Waals surface area contributed by atoms with Crippen LogP contribution < -0.4 is 5.73 Å². The van der Waals surface area contributed by atoms with Crippen LogP contribution in [0.25, 0.3) is 0 Å². The van der Waals surface area contributed by atoms with Gasteiger partial charge >= 0.3 is 5.97 Å². The van der Waals surface area contributed by atoms with Crippen LogP contribution in [0.15, 0.2) is 12.7 Å². The molecule has 2 N–H and O–H groups in total. The Kier molecular flexibility index (Phi) is 1.75. The number of hydrogen-bond donors (Lipinski definition) is 1. The van der Waals surface area contributed by atoms with Crippen LogP contribution in [-0.2, 0) is 9.53 Å². The van der Waals surface area contributed by atoms with E-state index in [9.17, 15) is 4.79 Å². The topological polar surface area (TPSA) is 52.3 Å². The minimum absolute atomic E-state index is 0.0254. The summed E-state index contributed by atoms with van der Waals surface area (Å²) < 4.78 is 4.81. The van der Waals surface area contributed by atoms with Gasteiger partial charge in [-0.3, -0.25) is 4.79 Å². The minimum atomic E-state index is -0.852. The molecule has 0 aliphatic heterocycles. The van der Waals surface area contributed by atoms with Gasteiger partial charge in [-0.25, -0.2) is 0 Å². The first-order valence-electron chi connectivity index (χ1n) is 5.29. The summed E-state index contributed by atoms with van der Waals surface area (Å²) in [5.41, 5.74) is 5.59. The smallest absolute Gasteiger partial charge is 0.326 e. The van der Waals surface area contributed by atoms with Crippen molar-refractivity contribution in [3.05, 3.63) is 12.7 Å². The van der Waals surface area contributed by atoms with E-state index in [-0.39, 0.29) is 28.6 Å². The van der Waals surface area contributed by atoms with Crippen molar-refractivity contribution >= 4 is 5.97 Å². The van der Waals surface area contributed by atoms with Crippen molar-refractivity contribution in [2.24, 2.45) is 28.4 Å². The number of ether oxygens (including phenoxy) is 1. The van der Waals surface area contributed by atoms with Crippen LogP contribution in [0.1, 0.15) is 20.8 Å². The van der Waals surface area contributed by atoms with Gasteiger partial charge in [-0.15, -0.1) is 6.58 Å². The van der Waals surface area contributed by atoms with E-state index in [0.717, 1.165) is 0 Å². The molecule has 0 amide bonds. The zero-order valence-electron chi connectivity index (χ0n) is 9.83. The molecule has 2 aliphatic carbocycles. The minimum Gasteiger partial charge on any atom is -0.468 e. The quantitative estimate of drug-likeness (QED) is 0.551. The van der Waals surface area contributed by atoms with Gasteiger partial charge in [-0.05, 0) is 10.8 Å². The number of carbonyl (C=O) groups excluding carboxylic acids is 1. The zero-order valence-corrected chi connectivity index (χ0v) is 9.83. The fourth-order valence-electron chi connectivity index (χ4n) is 4.13. The van der Waals surface area contributed by atoms with E-state index in [1.807, 2.05) is 6.08 Å². The summed E-state index contributed by atoms with van der Waals surface area (Å²) in [5, 5.41) is 0. The van der Waals surface area contributed by atoms with E-state index < -0.39 is 5.54 Å². The Labute approximate surface area is 90.7 Å². The molecule has 0 bridgehead atoms. The van der Waals surface area contributed by atoms with Crippen LogP contribution >= 0.6 is 0 Å². The molecular weight excluding hydrogens is 190 g/mol. The second-order valence-electron chi connectivity index (χ2n) is 5.58. The monoisotopic (exact) mass is 209 g/mol. The molecule has 2 rings (SSSR count). The highest BCUT2D eigenvalue weighted by molar-refractivity contribution is 5.86. The number of methoxy groups -OCH3 is 1. The van der Waals surface area contributed by atoms with Gasteiger partial charge in [-0.2, -0.15) is 0 Å². The lowest BCUT2D eigenvalue weighted by Gasteiger charge is -2.47. The second kappa shape index (κ2) is 2.46. The zero-order chi connectivity index (χ0) is 11.6. The lowest BCUT2D eigenvalue weighted by Crippen LogP contribution is -2.66. The van der Waals surface area contributed by atoms with Crippen LogP contribution in [0.3, 0.4) is 0 Å². The fourth-order valence-corrected chi connectivity index (χ4v) is 4.13. The van der Waals surface area contributed by atoms with Crippen LogP contribution in [-0.4, -0.2) is 18.6 Å². The molecule has 2 fully saturated rings. The highest BCUT2D eigenvalue weighted by Gasteiger charge is 2.89. The molecule has 0 aromatic heterocycles. The van der Waals surface area contributed by atoms with Crippen LogP contribution in [0.5, 0.6) is 0 Å². The molecule has 15 heavy (non-hydrogen) atoms. The Morgan fingerprint density at radius 3 is 2.40 bits per heavy atom. The Hall–Kier alpha value is -0.830. The highest BCUT2D eigenvalue weighted by Crippen LogP contribution is 2.85. The van der Waals surface area contributed by atoms with Crippen molar-refractivity contribution in [3.8, 4) is 0 Å². The van der Waals surface area contributed by atoms with E-state index in [1.54, 1.807) is 0 Å². The Bertz CT molecular complexity index is 350. The molecule has 4 atom stereocenters. The van der Waals surface area contributed by atoms with Gasteiger partial charge in [0, 0.05) is 11.8 Å². The number of nitrogens with two attached hydrogens (primary N) is 1. The summed E-state index contributed by atoms with van der Waals surface area (Å²) in [6, 6.07) is 0. The normalized spacial score (nSPS) is 49.9. The van der Waals surface area contributed by atoms with Gasteiger partial charge in [0.15, 0.2) is 0 Å². The molecule has 2 saturated carbocycles. The maximum Gasteiger partial charge on any atom is 0.326 e. The molecule has 0 saturated heterocycles. The molecule has 2 aliphatic rings. The molecule has 4 unspecified atom stereocenters. The predicted octanol–water partition coefficient (Wildman–Crippen LogP) is 1.33. The van der Waals surface area contributed by atoms with Crippen LogP contribution in [0, 0.1) is 22.7 Å². The summed E-state index contributed by atoms with van der Waals surface area (Å²) in [6.45, 7) is 10.3. The van der Waals surface area contributed by atoms with E-state index in [4.69, 9.17) is 10.5 Å². The summed E-state index contributed by atoms with van der Waals surface area (Å²) >= 11 is 0. The second-order valence-corrected chi connectivity index (χ2v) is 5.58. The maximum absolute atomic E-state index is 11.8. The first-order chi connectivity index (χ1) is 6.79. The van der Waals surface area contributed by atoms with E-state index in [0.29, 0.717) is 0 Å². The Balaban J connectivity index is 2.39. The van der Waals surface area contributed by atoms with Crippen molar-refractivity contribution in [2.45, 2.75) is 26.3 Å². The summed E-state index contributed by atoms with van der Waals surface area (Å²) in [5.74, 6) is -0.0640. The highest BCUT2D eigenvalue weighted by atomic mass is 16.5. The number of rotatable bonds is 2. The molecule has 0 spiro atoms. The molecule has 3 heteroatoms. The summed E-state index contributed by atoms with van der Waals surface area (Å²) in [6.07, 6.45) is 1.81. The van der Waals surface area contributed by atoms with E-state index >= 15 is 0 Å². The van der Waals surface area contributed by atoms with Crippen molar-refractivity contribution < 1.29 is 9.53 Å². The Morgan fingerprint density at radius 2 is 2.00 bits per heavy atom. The van der Waals surface area contributed by atoms with Gasteiger partial charge < -0.3 is 10.5 Å². The number of fused-ring (bicyclic) bond motifs is 1. The van der Waals surface area contributed by atoms with Gasteiger partial charge in [-0.1, -0.05) is 26.8 Å². The molecule has 0 heterocycles. The SMILES string of the molecule is C=CC1C(N)(C(=O)OC)C2C(C)(C)C12C. The van der Waals surface area contributed by atoms with Gasteiger partial charge in [0.1, 0.15) is 5.54 Å². The lowest BCUT2D eigenvalue weighted by atomic mass is 9.60. The third kappa shape index (κ3) is 0.771. The van der Waals surface area contributed by atoms with Crippen LogP contribution in [0.4, 0.5) is 0 Å². The molecule has 84 valence electrons. The first kappa shape index (κ1) is 10.7. The van der Waals surface area contributed by atoms with Gasteiger partial charge in [0.25, 0.3) is 0 Å². The van der Waals surface area contributed by atoms with E-state index in [2.05, 4.69) is 27.4 Å². The average Bonchev–Trinajstić information content (AvgIpc) is 2.56. The van der Waals surface area contributed by atoms with Crippen molar-refractivity contribution in [1.82, 2.24) is 0 Å². The van der Waals surface area contributed by atoms with Gasteiger partial charge in [0.2, 0.25) is 0 Å². The van der Waals surface area contributed by atoms with Crippen molar-refractivity contribution in [2.75, 3.05) is 7.11 Å². The largest absolute Gasteiger partial charge is 0.468 e. The number of esters is 1. The predicted molar refractivity (Wildman–Crippen MR) is 58.0 cm³/mol. The van der Waals surface area contributed by atoms with Crippen molar-refractivity contribution in [3.63, 3.8) is 0 Å². The van der Waals surface area contributed by atoms with E-state index in [1.165, 1.54) is 7.11 Å². The summed E-state index contributed by atoms with van der Waals surface area (Å²) in [7, 11) is 1.39. The molecule has 0 aromatic rings. The molecule has 3 nitrogen and oxygen atoms in total. The molecular formula is C12H19NO2.